The van der Waals surface area contributed by atoms with Crippen molar-refractivity contribution in [2.75, 3.05) is 7.11 Å². The smallest absolute Gasteiger partial charge is 0.201 e. The normalized spacial score (nSPS) is 59.4. The number of fused-ring (bicyclic) bond motifs is 2. The predicted molar refractivity (Wildman–Crippen MR) is 73.8 cm³/mol. The summed E-state index contributed by atoms with van der Waals surface area (Å²) in [6, 6.07) is 0. The van der Waals surface area contributed by atoms with E-state index in [1.54, 1.807) is 7.11 Å². The van der Waals surface area contributed by atoms with Gasteiger partial charge in [-0.2, -0.15) is 0 Å². The molecule has 4 saturated heterocycles. The molecule has 5 aliphatic rings. The fourth-order valence-corrected chi connectivity index (χ4v) is 5.14. The molecule has 0 radical (unpaired) electrons. The molecule has 2 bridgehead atoms. The number of hydrogen-bond donors (Lipinski definition) is 0. The van der Waals surface area contributed by atoms with Crippen LogP contribution in [-0.2, 0) is 24.0 Å². The third kappa shape index (κ3) is 1.81. The highest BCUT2D eigenvalue weighted by atomic mass is 17.3. The van der Waals surface area contributed by atoms with E-state index in [2.05, 4.69) is 13.8 Å². The quantitative estimate of drug-likeness (QED) is 0.697. The number of methoxy groups -OCH3 is 1. The molecule has 5 fully saturated rings. The summed E-state index contributed by atoms with van der Waals surface area (Å²) in [5.41, 5.74) is -0.470. The molecule has 5 heteroatoms. The summed E-state index contributed by atoms with van der Waals surface area (Å²) < 4.78 is 17.9. The van der Waals surface area contributed by atoms with Crippen molar-refractivity contribution in [3.05, 3.63) is 0 Å². The van der Waals surface area contributed by atoms with Crippen molar-refractivity contribution < 1.29 is 24.0 Å². The summed E-state index contributed by atoms with van der Waals surface area (Å²) in [4.78, 5) is 11.8. The lowest BCUT2D eigenvalue weighted by molar-refractivity contribution is -0.577. The standard InChI is InChI=1S/C16H26O5/c1-9-5-6-12-10(2)13(17-4)18-14-16(12)11(9)7-8-15(3,19-14)20-21-16/h9-14H,5-8H2,1-4H3/t9-,10-,11-,12+,13-,14-,15-,16-/m1/s1. The Labute approximate surface area is 126 Å². The minimum Gasteiger partial charge on any atom is -0.355 e. The zero-order chi connectivity index (χ0) is 14.8. The first-order valence-corrected chi connectivity index (χ1v) is 8.23. The van der Waals surface area contributed by atoms with Crippen LogP contribution in [0.5, 0.6) is 0 Å². The zero-order valence-electron chi connectivity index (χ0n) is 13.3. The van der Waals surface area contributed by atoms with E-state index in [0.717, 1.165) is 19.3 Å². The van der Waals surface area contributed by atoms with Gasteiger partial charge in [-0.25, -0.2) is 9.78 Å². The highest BCUT2D eigenvalue weighted by molar-refractivity contribution is 5.08. The van der Waals surface area contributed by atoms with Gasteiger partial charge < -0.3 is 14.2 Å². The molecule has 120 valence electrons. The Morgan fingerprint density at radius 1 is 1.05 bits per heavy atom. The van der Waals surface area contributed by atoms with Crippen LogP contribution in [0.1, 0.15) is 46.5 Å². The average molecular weight is 298 g/mol. The van der Waals surface area contributed by atoms with Crippen LogP contribution in [0.4, 0.5) is 0 Å². The third-order valence-electron chi connectivity index (χ3n) is 6.33. The minimum absolute atomic E-state index is 0.230. The molecular formula is C16H26O5. The predicted octanol–water partition coefficient (Wildman–Crippen LogP) is 2.84. The zero-order valence-corrected chi connectivity index (χ0v) is 13.3. The van der Waals surface area contributed by atoms with E-state index in [9.17, 15) is 0 Å². The van der Waals surface area contributed by atoms with Gasteiger partial charge in [-0.1, -0.05) is 13.8 Å². The number of ether oxygens (including phenoxy) is 3. The molecule has 0 amide bonds. The number of rotatable bonds is 1. The maximum absolute atomic E-state index is 6.21. The largest absolute Gasteiger partial charge is 0.355 e. The van der Waals surface area contributed by atoms with Crippen LogP contribution >= 0.6 is 0 Å². The maximum Gasteiger partial charge on any atom is 0.201 e. The second kappa shape index (κ2) is 4.65. The molecule has 4 aliphatic heterocycles. The van der Waals surface area contributed by atoms with Gasteiger partial charge in [0.2, 0.25) is 5.79 Å². The van der Waals surface area contributed by atoms with E-state index in [1.807, 2.05) is 6.92 Å². The first-order chi connectivity index (χ1) is 10.00. The minimum atomic E-state index is -0.698. The van der Waals surface area contributed by atoms with Gasteiger partial charge in [-0.05, 0) is 38.0 Å². The number of hydrogen-bond acceptors (Lipinski definition) is 5. The Hall–Kier alpha value is -0.200. The second-order valence-corrected chi connectivity index (χ2v) is 7.51. The van der Waals surface area contributed by atoms with Gasteiger partial charge >= 0.3 is 0 Å². The summed E-state index contributed by atoms with van der Waals surface area (Å²) in [6.45, 7) is 6.46. The van der Waals surface area contributed by atoms with Crippen molar-refractivity contribution in [3.63, 3.8) is 0 Å². The van der Waals surface area contributed by atoms with Crippen LogP contribution in [0.15, 0.2) is 0 Å². The van der Waals surface area contributed by atoms with Crippen molar-refractivity contribution in [2.24, 2.45) is 23.7 Å². The van der Waals surface area contributed by atoms with E-state index in [1.165, 1.54) is 6.42 Å². The Balaban J connectivity index is 1.79. The van der Waals surface area contributed by atoms with Crippen molar-refractivity contribution in [2.45, 2.75) is 70.4 Å². The Morgan fingerprint density at radius 3 is 2.62 bits per heavy atom. The van der Waals surface area contributed by atoms with E-state index in [0.29, 0.717) is 17.8 Å². The van der Waals surface area contributed by atoms with Gasteiger partial charge in [0.25, 0.3) is 0 Å². The molecule has 0 unspecified atom stereocenters. The highest BCUT2D eigenvalue weighted by Crippen LogP contribution is 2.60. The van der Waals surface area contributed by atoms with Gasteiger partial charge in [0, 0.05) is 25.4 Å². The lowest BCUT2D eigenvalue weighted by Crippen LogP contribution is -2.70. The first-order valence-electron chi connectivity index (χ1n) is 8.23. The van der Waals surface area contributed by atoms with Crippen molar-refractivity contribution in [3.8, 4) is 0 Å². The molecule has 1 spiro atoms. The van der Waals surface area contributed by atoms with Gasteiger partial charge in [-0.15, -0.1) is 0 Å². The van der Waals surface area contributed by atoms with Crippen molar-refractivity contribution in [1.29, 1.82) is 0 Å². The summed E-state index contributed by atoms with van der Waals surface area (Å²) in [7, 11) is 1.70. The highest BCUT2D eigenvalue weighted by Gasteiger charge is 2.69. The van der Waals surface area contributed by atoms with Crippen LogP contribution < -0.4 is 0 Å². The van der Waals surface area contributed by atoms with Gasteiger partial charge in [0.15, 0.2) is 18.2 Å². The first kappa shape index (κ1) is 14.4. The summed E-state index contributed by atoms with van der Waals surface area (Å²) in [5, 5.41) is 0. The van der Waals surface area contributed by atoms with Crippen LogP contribution in [0.3, 0.4) is 0 Å². The van der Waals surface area contributed by atoms with E-state index >= 15 is 0 Å². The van der Waals surface area contributed by atoms with Crippen molar-refractivity contribution in [1.82, 2.24) is 0 Å². The third-order valence-corrected chi connectivity index (χ3v) is 6.33. The summed E-state index contributed by atoms with van der Waals surface area (Å²) in [6.07, 6.45) is 3.64. The molecule has 0 aromatic heterocycles. The van der Waals surface area contributed by atoms with Gasteiger partial charge in [0.05, 0.1) is 0 Å². The summed E-state index contributed by atoms with van der Waals surface area (Å²) in [5.74, 6) is 0.953. The second-order valence-electron chi connectivity index (χ2n) is 7.51. The molecule has 5 nitrogen and oxygen atoms in total. The summed E-state index contributed by atoms with van der Waals surface area (Å²) >= 11 is 0. The monoisotopic (exact) mass is 298 g/mol. The van der Waals surface area contributed by atoms with E-state index in [4.69, 9.17) is 24.0 Å². The average Bonchev–Trinajstić information content (AvgIpc) is 2.69. The fraction of sp³-hybridized carbons (Fsp3) is 1.00. The molecule has 1 saturated carbocycles. The van der Waals surface area contributed by atoms with Crippen LogP contribution in [-0.4, -0.2) is 31.1 Å². The topological polar surface area (TPSA) is 46.2 Å². The lowest BCUT2D eigenvalue weighted by atomic mass is 9.58. The van der Waals surface area contributed by atoms with E-state index < -0.39 is 17.7 Å². The molecule has 1 aliphatic carbocycles. The van der Waals surface area contributed by atoms with Gasteiger partial charge in [0.1, 0.15) is 0 Å². The lowest BCUT2D eigenvalue weighted by Gasteiger charge is -2.60. The Kier molecular flexibility index (Phi) is 3.19. The van der Waals surface area contributed by atoms with E-state index in [-0.39, 0.29) is 12.2 Å². The SMILES string of the molecule is CO[C@@H]1O[C@@H]2O[C@@]3(C)CC[C@@H]4[C@H](C)CC[C@@H]([C@H]1C)[C@@]24OO3. The van der Waals surface area contributed by atoms with Crippen LogP contribution in [0.2, 0.25) is 0 Å². The molecule has 8 atom stereocenters. The molecule has 0 aromatic carbocycles. The molecule has 0 N–H and O–H groups in total. The molecular weight excluding hydrogens is 272 g/mol. The fourth-order valence-electron chi connectivity index (χ4n) is 5.14. The Morgan fingerprint density at radius 2 is 1.86 bits per heavy atom. The van der Waals surface area contributed by atoms with Crippen LogP contribution in [0, 0.1) is 23.7 Å². The molecule has 5 rings (SSSR count). The van der Waals surface area contributed by atoms with Crippen LogP contribution in [0.25, 0.3) is 0 Å². The maximum atomic E-state index is 6.21. The molecule has 21 heavy (non-hydrogen) atoms. The molecule has 0 aromatic rings. The van der Waals surface area contributed by atoms with Gasteiger partial charge in [-0.3, -0.25) is 0 Å². The molecule has 4 heterocycles. The van der Waals surface area contributed by atoms with Crippen molar-refractivity contribution >= 4 is 0 Å². The Bertz CT molecular complexity index is 429.